The van der Waals surface area contributed by atoms with Crippen LogP contribution in [0.15, 0.2) is 102 Å². The Morgan fingerprint density at radius 3 is 2.35 bits per heavy atom. The molecule has 234 valence electrons. The van der Waals surface area contributed by atoms with Crippen molar-refractivity contribution in [2.24, 2.45) is 4.99 Å². The number of benzene rings is 3. The average Bonchev–Trinajstić information content (AvgIpc) is 3.44. The monoisotopic (exact) mass is 626 g/mol. The number of aromatic nitrogens is 1. The molecule has 3 atom stereocenters. The number of aliphatic imine (C=N–C) groups is 1. The molecule has 4 aromatic rings. The molecule has 1 aliphatic rings. The molecule has 1 aliphatic heterocycles. The first-order valence-electron chi connectivity index (χ1n) is 14.2. The van der Waals surface area contributed by atoms with E-state index in [2.05, 4.69) is 15.3 Å². The van der Waals surface area contributed by atoms with Crippen LogP contribution in [0.25, 0.3) is 0 Å². The van der Waals surface area contributed by atoms with Crippen molar-refractivity contribution in [1.82, 2.24) is 9.88 Å². The molecule has 3 amide bonds. The van der Waals surface area contributed by atoms with Crippen LogP contribution in [0, 0.1) is 11.6 Å². The number of carboxylic acid groups (broad SMARTS) is 1. The summed E-state index contributed by atoms with van der Waals surface area (Å²) in [6.45, 7) is 1.39. The highest BCUT2D eigenvalue weighted by Gasteiger charge is 2.41. The van der Waals surface area contributed by atoms with Gasteiger partial charge in [-0.2, -0.15) is 0 Å². The van der Waals surface area contributed by atoms with E-state index in [-0.39, 0.29) is 23.6 Å². The van der Waals surface area contributed by atoms with Crippen LogP contribution in [0.4, 0.5) is 19.3 Å². The fraction of sp³-hybridized carbons (Fsp3) is 0.176. The highest BCUT2D eigenvalue weighted by Crippen LogP contribution is 2.34. The molecule has 1 aromatic heterocycles. The number of para-hydroxylation sites is 1. The van der Waals surface area contributed by atoms with Crippen molar-refractivity contribution in [3.8, 4) is 0 Å². The average molecular weight is 627 g/mol. The number of ether oxygens (including phenoxy) is 1. The number of aliphatic carboxylic acids is 1. The molecule has 3 aromatic carbocycles. The van der Waals surface area contributed by atoms with Gasteiger partial charge in [0.25, 0.3) is 5.91 Å². The Labute approximate surface area is 262 Å². The van der Waals surface area contributed by atoms with Gasteiger partial charge in [0.2, 0.25) is 5.91 Å². The van der Waals surface area contributed by atoms with Crippen LogP contribution in [0.3, 0.4) is 0 Å². The van der Waals surface area contributed by atoms with Gasteiger partial charge in [0, 0.05) is 35.9 Å². The van der Waals surface area contributed by atoms with Crippen LogP contribution in [-0.4, -0.2) is 57.2 Å². The van der Waals surface area contributed by atoms with E-state index in [1.807, 2.05) is 0 Å². The number of rotatable bonds is 10. The zero-order chi connectivity index (χ0) is 32.8. The number of carbonyl (C=O) groups excluding carboxylic acids is 3. The largest absolute Gasteiger partial charge is 0.480 e. The minimum atomic E-state index is -1.74. The predicted molar refractivity (Wildman–Crippen MR) is 163 cm³/mol. The lowest BCUT2D eigenvalue weighted by Gasteiger charge is -2.26. The number of pyridine rings is 1. The molecule has 0 unspecified atom stereocenters. The summed E-state index contributed by atoms with van der Waals surface area (Å²) in [5.74, 6) is -6.19. The molecule has 1 saturated heterocycles. The number of halogens is 2. The number of hydrogen-bond acceptors (Lipinski definition) is 7. The minimum Gasteiger partial charge on any atom is -0.480 e. The Morgan fingerprint density at radius 2 is 1.67 bits per heavy atom. The van der Waals surface area contributed by atoms with Crippen LogP contribution in [0.1, 0.15) is 52.5 Å². The molecule has 46 heavy (non-hydrogen) atoms. The number of amides is 3. The Hall–Kier alpha value is -5.78. The summed E-state index contributed by atoms with van der Waals surface area (Å²) >= 11 is 0. The smallest absolute Gasteiger partial charge is 0.417 e. The number of carboxylic acids is 1. The van der Waals surface area contributed by atoms with Gasteiger partial charge >= 0.3 is 12.1 Å². The normalized spacial score (nSPS) is 16.0. The van der Waals surface area contributed by atoms with Crippen LogP contribution in [-0.2, 0) is 14.3 Å². The molecule has 0 bridgehead atoms. The van der Waals surface area contributed by atoms with Crippen molar-refractivity contribution in [2.75, 3.05) is 11.9 Å². The van der Waals surface area contributed by atoms with E-state index in [1.54, 1.807) is 66.7 Å². The molecule has 2 N–H and O–H groups in total. The summed E-state index contributed by atoms with van der Waals surface area (Å²) < 4.78 is 34.0. The number of cyclic esters (lactones) is 1. The van der Waals surface area contributed by atoms with Crippen molar-refractivity contribution in [2.45, 2.75) is 31.3 Å². The zero-order valence-electron chi connectivity index (χ0n) is 24.5. The van der Waals surface area contributed by atoms with Crippen molar-refractivity contribution in [3.63, 3.8) is 0 Å². The van der Waals surface area contributed by atoms with E-state index in [4.69, 9.17) is 4.74 Å². The first kappa shape index (κ1) is 31.6. The predicted octanol–water partition coefficient (Wildman–Crippen LogP) is 5.77. The Kier molecular flexibility index (Phi) is 9.55. The Morgan fingerprint density at radius 1 is 1.00 bits per heavy atom. The number of nitrogens with one attached hydrogen (secondary N) is 1. The van der Waals surface area contributed by atoms with Crippen LogP contribution in [0.5, 0.6) is 0 Å². The van der Waals surface area contributed by atoms with Gasteiger partial charge in [0.15, 0.2) is 6.04 Å². The third-order valence-electron chi connectivity index (χ3n) is 7.46. The third kappa shape index (κ3) is 7.12. The van der Waals surface area contributed by atoms with E-state index >= 15 is 0 Å². The molecule has 12 heteroatoms. The summed E-state index contributed by atoms with van der Waals surface area (Å²) in [5.41, 5.74) is 1.44. The molecule has 0 spiro atoms. The first-order valence-corrected chi connectivity index (χ1v) is 14.2. The van der Waals surface area contributed by atoms with Gasteiger partial charge < -0.3 is 15.2 Å². The summed E-state index contributed by atoms with van der Waals surface area (Å²) in [6.07, 6.45) is -0.106. The lowest BCUT2D eigenvalue weighted by atomic mass is 9.87. The minimum absolute atomic E-state index is 0.117. The van der Waals surface area contributed by atoms with E-state index in [0.717, 1.165) is 17.0 Å². The van der Waals surface area contributed by atoms with Crippen molar-refractivity contribution in [3.05, 3.63) is 131 Å². The highest BCUT2D eigenvalue weighted by molar-refractivity contribution is 6.10. The third-order valence-corrected chi connectivity index (χ3v) is 7.46. The van der Waals surface area contributed by atoms with Gasteiger partial charge in [0.1, 0.15) is 30.0 Å². The number of imide groups is 1. The maximum Gasteiger partial charge on any atom is 0.417 e. The van der Waals surface area contributed by atoms with Gasteiger partial charge in [-0.15, -0.1) is 0 Å². The van der Waals surface area contributed by atoms with Gasteiger partial charge in [0.05, 0.1) is 5.69 Å². The molecular weight excluding hydrogens is 598 g/mol. The molecule has 5 rings (SSSR count). The quantitative estimate of drug-likeness (QED) is 0.213. The van der Waals surface area contributed by atoms with E-state index < -0.39 is 59.9 Å². The van der Waals surface area contributed by atoms with Gasteiger partial charge in [-0.1, -0.05) is 54.6 Å². The summed E-state index contributed by atoms with van der Waals surface area (Å²) in [7, 11) is 0. The van der Waals surface area contributed by atoms with Crippen LogP contribution in [0.2, 0.25) is 0 Å². The number of nitrogens with zero attached hydrogens (tertiary/aromatic N) is 3. The van der Waals surface area contributed by atoms with Gasteiger partial charge in [-0.05, 0) is 48.4 Å². The number of carbonyl (C=O) groups is 4. The van der Waals surface area contributed by atoms with Crippen molar-refractivity contribution < 1.29 is 37.8 Å². The topological polar surface area (TPSA) is 138 Å². The lowest BCUT2D eigenvalue weighted by Crippen LogP contribution is -2.38. The highest BCUT2D eigenvalue weighted by atomic mass is 19.1. The first-order chi connectivity index (χ1) is 22.1. The van der Waals surface area contributed by atoms with Crippen LogP contribution < -0.4 is 5.32 Å². The fourth-order valence-corrected chi connectivity index (χ4v) is 5.29. The maximum atomic E-state index is 14.4. The summed E-state index contributed by atoms with van der Waals surface area (Å²) in [5, 5.41) is 13.1. The fourth-order valence-electron chi connectivity index (χ4n) is 5.29. The molecular formula is C34H28F2N4O6. The zero-order valence-corrected chi connectivity index (χ0v) is 24.5. The number of hydrogen-bond donors (Lipinski definition) is 2. The Balaban J connectivity index is 1.51. The maximum absolute atomic E-state index is 14.4. The molecule has 0 aliphatic carbocycles. The lowest BCUT2D eigenvalue weighted by molar-refractivity contribution is -0.139. The van der Waals surface area contributed by atoms with E-state index in [0.29, 0.717) is 22.9 Å². The summed E-state index contributed by atoms with van der Waals surface area (Å²) in [4.78, 5) is 61.3. The van der Waals surface area contributed by atoms with Gasteiger partial charge in [-0.3, -0.25) is 19.6 Å². The standard InChI is InChI=1S/C34H28F2N4O6/c1-20(25-11-5-6-12-27(25)39-32(42)28-13-7-8-14-37-28)38-31(33(43)44)26(22-15-23(35)17-24(36)16-22)18-30(41)40-29(19-46-34(40)45)21-9-3-2-4-10-21/h2-17,26,29,31H,18-19H2,1H3,(H,39,42)(H,43,44)/t26-,29-,31+/m1/s1. The number of anilines is 1. The second-order valence-corrected chi connectivity index (χ2v) is 10.5. The molecule has 0 radical (unpaired) electrons. The summed E-state index contributed by atoms with van der Waals surface area (Å²) in [6, 6.07) is 20.0. The van der Waals surface area contributed by atoms with E-state index in [9.17, 15) is 33.1 Å². The molecule has 2 heterocycles. The van der Waals surface area contributed by atoms with Crippen molar-refractivity contribution in [1.29, 1.82) is 0 Å². The SMILES string of the molecule is CC(=N[C@H](C(=O)O)[C@H](CC(=O)N1C(=O)OC[C@@H]1c1ccccc1)c1cc(F)cc(F)c1)c1ccccc1NC(=O)c1ccccn1. The van der Waals surface area contributed by atoms with Gasteiger partial charge in [-0.25, -0.2) is 23.3 Å². The molecule has 10 nitrogen and oxygen atoms in total. The molecule has 0 saturated carbocycles. The molecule has 1 fully saturated rings. The second-order valence-electron chi connectivity index (χ2n) is 10.5. The Bertz CT molecular complexity index is 1780. The van der Waals surface area contributed by atoms with Crippen LogP contribution >= 0.6 is 0 Å². The second kappa shape index (κ2) is 13.9. The van der Waals surface area contributed by atoms with E-state index in [1.165, 1.54) is 19.2 Å². The van der Waals surface area contributed by atoms with Crippen molar-refractivity contribution >= 4 is 35.3 Å².